The first-order valence-electron chi connectivity index (χ1n) is 6.39. The van der Waals surface area contributed by atoms with Crippen molar-refractivity contribution in [3.05, 3.63) is 35.6 Å². The number of carbonyl (C=O) groups is 1. The van der Waals surface area contributed by atoms with Crippen LogP contribution in [0.1, 0.15) is 32.3 Å². The molecule has 0 saturated carbocycles. The molecule has 0 bridgehead atoms. The number of carbonyl (C=O) groups excluding carboxylic acids is 1. The van der Waals surface area contributed by atoms with Crippen LogP contribution in [0.25, 0.3) is 0 Å². The van der Waals surface area contributed by atoms with E-state index >= 15 is 0 Å². The fourth-order valence-corrected chi connectivity index (χ4v) is 1.81. The summed E-state index contributed by atoms with van der Waals surface area (Å²) in [4.78, 5) is 17.0. The topological polar surface area (TPSA) is 50.7 Å². The highest BCUT2D eigenvalue weighted by Gasteiger charge is 2.30. The molecule has 1 aliphatic rings. The Kier molecular flexibility index (Phi) is 4.14. The number of nitrogens with one attached hydrogen (secondary N) is 1. The van der Waals surface area contributed by atoms with Gasteiger partial charge in [-0.05, 0) is 19.4 Å². The van der Waals surface area contributed by atoms with Crippen LogP contribution in [-0.2, 0) is 9.63 Å². The maximum absolute atomic E-state index is 13.6. The summed E-state index contributed by atoms with van der Waals surface area (Å²) in [6.07, 6.45) is 0.478. The first kappa shape index (κ1) is 13.5. The van der Waals surface area contributed by atoms with Gasteiger partial charge in [-0.25, -0.2) is 4.39 Å². The zero-order valence-corrected chi connectivity index (χ0v) is 11.0. The summed E-state index contributed by atoms with van der Waals surface area (Å²) in [5, 5.41) is 6.65. The van der Waals surface area contributed by atoms with Crippen molar-refractivity contribution in [3.8, 4) is 0 Å². The molecule has 0 unspecified atom stereocenters. The Morgan fingerprint density at radius 1 is 1.58 bits per heavy atom. The summed E-state index contributed by atoms with van der Waals surface area (Å²) >= 11 is 0. The Morgan fingerprint density at radius 3 is 3.00 bits per heavy atom. The van der Waals surface area contributed by atoms with Crippen LogP contribution >= 0.6 is 0 Å². The molecule has 0 spiro atoms. The summed E-state index contributed by atoms with van der Waals surface area (Å²) in [7, 11) is 0. The molecule has 1 aliphatic heterocycles. The lowest BCUT2D eigenvalue weighted by atomic mass is 10.0. The molecule has 19 heavy (non-hydrogen) atoms. The van der Waals surface area contributed by atoms with E-state index in [0.29, 0.717) is 17.7 Å². The van der Waals surface area contributed by atoms with Crippen molar-refractivity contribution in [3.63, 3.8) is 0 Å². The molecule has 5 heteroatoms. The number of hydrogen-bond acceptors (Lipinski definition) is 3. The van der Waals surface area contributed by atoms with E-state index < -0.39 is 6.10 Å². The third-order valence-corrected chi connectivity index (χ3v) is 3.15. The summed E-state index contributed by atoms with van der Waals surface area (Å²) < 4.78 is 13.6. The van der Waals surface area contributed by atoms with Crippen LogP contribution in [0.2, 0.25) is 0 Å². The summed E-state index contributed by atoms with van der Waals surface area (Å²) in [5.74, 6) is -0.558. The monoisotopic (exact) mass is 264 g/mol. The van der Waals surface area contributed by atoms with Gasteiger partial charge in [0.05, 0.1) is 5.71 Å². The highest BCUT2D eigenvalue weighted by atomic mass is 19.1. The summed E-state index contributed by atoms with van der Waals surface area (Å²) in [5.41, 5.74) is 0.865. The first-order chi connectivity index (χ1) is 9.11. The summed E-state index contributed by atoms with van der Waals surface area (Å²) in [6, 6.07) is 6.43. The van der Waals surface area contributed by atoms with E-state index in [1.165, 1.54) is 6.07 Å². The van der Waals surface area contributed by atoms with Crippen LogP contribution in [-0.4, -0.2) is 23.8 Å². The zero-order valence-electron chi connectivity index (χ0n) is 11.0. The highest BCUT2D eigenvalue weighted by Crippen LogP contribution is 2.19. The van der Waals surface area contributed by atoms with Gasteiger partial charge in [-0.1, -0.05) is 30.3 Å². The van der Waals surface area contributed by atoms with Crippen LogP contribution in [0.4, 0.5) is 4.39 Å². The predicted molar refractivity (Wildman–Crippen MR) is 70.3 cm³/mol. The smallest absolute Gasteiger partial charge is 0.264 e. The van der Waals surface area contributed by atoms with E-state index in [2.05, 4.69) is 10.5 Å². The quantitative estimate of drug-likeness (QED) is 0.906. The molecule has 2 atom stereocenters. The van der Waals surface area contributed by atoms with Gasteiger partial charge in [0.1, 0.15) is 5.82 Å². The van der Waals surface area contributed by atoms with Gasteiger partial charge >= 0.3 is 0 Å². The van der Waals surface area contributed by atoms with Crippen molar-refractivity contribution in [1.29, 1.82) is 0 Å². The fourth-order valence-electron chi connectivity index (χ4n) is 1.81. The Bertz CT molecular complexity index is 502. The zero-order chi connectivity index (χ0) is 13.8. The lowest BCUT2D eigenvalue weighted by molar-refractivity contribution is -0.131. The van der Waals surface area contributed by atoms with Gasteiger partial charge < -0.3 is 10.2 Å². The normalized spacial score (nSPS) is 19.5. The van der Waals surface area contributed by atoms with Gasteiger partial charge in [0.2, 0.25) is 6.10 Å². The number of amides is 1. The van der Waals surface area contributed by atoms with Crippen molar-refractivity contribution in [1.82, 2.24) is 5.32 Å². The van der Waals surface area contributed by atoms with Gasteiger partial charge in [0.15, 0.2) is 0 Å². The Balaban J connectivity index is 2.00. The van der Waals surface area contributed by atoms with Crippen LogP contribution in [0.3, 0.4) is 0 Å². The average molecular weight is 264 g/mol. The van der Waals surface area contributed by atoms with Crippen molar-refractivity contribution >= 4 is 11.6 Å². The van der Waals surface area contributed by atoms with Gasteiger partial charge in [0, 0.05) is 18.0 Å². The molecule has 0 fully saturated rings. The molecule has 0 aliphatic carbocycles. The van der Waals surface area contributed by atoms with Crippen LogP contribution in [0, 0.1) is 5.82 Å². The Labute approximate surface area is 111 Å². The van der Waals surface area contributed by atoms with Gasteiger partial charge in [-0.2, -0.15) is 0 Å². The molecule has 1 aromatic carbocycles. The average Bonchev–Trinajstić information content (AvgIpc) is 2.88. The van der Waals surface area contributed by atoms with Crippen LogP contribution < -0.4 is 5.32 Å². The standard InChI is InChI=1S/C14H17FN2O2/c1-3-9(2)16-14(18)13-8-12(17-19-13)10-6-4-5-7-11(10)15/h4-7,9,13H,3,8H2,1-2H3,(H,16,18)/t9-,13+/m1/s1. The molecule has 1 aromatic rings. The first-order valence-corrected chi connectivity index (χ1v) is 6.39. The van der Waals surface area contributed by atoms with Gasteiger partial charge in [-0.3, -0.25) is 4.79 Å². The number of rotatable bonds is 4. The summed E-state index contributed by atoms with van der Waals surface area (Å²) in [6.45, 7) is 3.91. The maximum Gasteiger partial charge on any atom is 0.264 e. The van der Waals surface area contributed by atoms with Crippen LogP contribution in [0.15, 0.2) is 29.4 Å². The second-order valence-electron chi connectivity index (χ2n) is 4.63. The predicted octanol–water partition coefficient (Wildman–Crippen LogP) is 2.23. The minimum atomic E-state index is -0.663. The molecule has 1 amide bonds. The number of benzene rings is 1. The number of oxime groups is 1. The van der Waals surface area contributed by atoms with E-state index in [0.717, 1.165) is 6.42 Å². The maximum atomic E-state index is 13.6. The van der Waals surface area contributed by atoms with Crippen LogP contribution in [0.5, 0.6) is 0 Å². The minimum Gasteiger partial charge on any atom is -0.382 e. The van der Waals surface area contributed by atoms with E-state index in [-0.39, 0.29) is 17.8 Å². The molecular weight excluding hydrogens is 247 g/mol. The number of nitrogens with zero attached hydrogens (tertiary/aromatic N) is 1. The minimum absolute atomic E-state index is 0.0913. The third kappa shape index (κ3) is 3.10. The highest BCUT2D eigenvalue weighted by molar-refractivity contribution is 6.04. The van der Waals surface area contributed by atoms with Gasteiger partial charge in [0.25, 0.3) is 5.91 Å². The van der Waals surface area contributed by atoms with Crippen molar-refractivity contribution in [2.75, 3.05) is 0 Å². The fraction of sp³-hybridized carbons (Fsp3) is 0.429. The largest absolute Gasteiger partial charge is 0.382 e. The molecule has 0 saturated heterocycles. The van der Waals surface area contributed by atoms with Crippen molar-refractivity contribution in [2.24, 2.45) is 5.16 Å². The lowest BCUT2D eigenvalue weighted by Gasteiger charge is -2.14. The van der Waals surface area contributed by atoms with E-state index in [1.54, 1.807) is 18.2 Å². The van der Waals surface area contributed by atoms with E-state index in [9.17, 15) is 9.18 Å². The molecule has 1 heterocycles. The van der Waals surface area contributed by atoms with Crippen molar-refractivity contribution < 1.29 is 14.0 Å². The third-order valence-electron chi connectivity index (χ3n) is 3.15. The van der Waals surface area contributed by atoms with Gasteiger partial charge in [-0.15, -0.1) is 0 Å². The second-order valence-corrected chi connectivity index (χ2v) is 4.63. The van der Waals surface area contributed by atoms with E-state index in [4.69, 9.17) is 4.84 Å². The number of halogens is 1. The Morgan fingerprint density at radius 2 is 2.32 bits per heavy atom. The molecule has 0 radical (unpaired) electrons. The molecule has 1 N–H and O–H groups in total. The second kappa shape index (κ2) is 5.82. The number of hydrogen-bond donors (Lipinski definition) is 1. The molecule has 102 valence electrons. The Hall–Kier alpha value is -1.91. The molecule has 2 rings (SSSR count). The SMILES string of the molecule is CC[C@@H](C)NC(=O)[C@@H]1CC(c2ccccc2F)=NO1. The van der Waals surface area contributed by atoms with Crippen molar-refractivity contribution in [2.45, 2.75) is 38.8 Å². The molecule has 0 aromatic heterocycles. The lowest BCUT2D eigenvalue weighted by Crippen LogP contribution is -2.39. The molecular formula is C14H17FN2O2. The van der Waals surface area contributed by atoms with E-state index in [1.807, 2.05) is 13.8 Å². The molecule has 4 nitrogen and oxygen atoms in total.